The van der Waals surface area contributed by atoms with Gasteiger partial charge in [-0.1, -0.05) is 36.8 Å². The second-order valence-corrected chi connectivity index (χ2v) is 4.98. The van der Waals surface area contributed by atoms with Crippen LogP contribution in [0.5, 0.6) is 0 Å². The molecule has 0 saturated carbocycles. The van der Waals surface area contributed by atoms with Crippen molar-refractivity contribution in [1.82, 2.24) is 14.5 Å². The molecular formula is C16H20N4O3. The molecule has 0 aliphatic carbocycles. The first-order valence-electron chi connectivity index (χ1n) is 7.50. The molecule has 0 unspecified atom stereocenters. The van der Waals surface area contributed by atoms with Crippen LogP contribution in [0.2, 0.25) is 0 Å². The van der Waals surface area contributed by atoms with E-state index in [0.29, 0.717) is 12.2 Å². The number of benzene rings is 1. The molecule has 0 spiro atoms. The SMILES string of the molecule is CCOC(=O)Cn1nc(CC)n(/N=C\c2ccc(C)cc2)c1=O. The molecule has 0 N–H and O–H groups in total. The highest BCUT2D eigenvalue weighted by Gasteiger charge is 2.14. The summed E-state index contributed by atoms with van der Waals surface area (Å²) in [5.74, 6) is -0.00734. The Kier molecular flexibility index (Phi) is 5.46. The number of aryl methyl sites for hydroxylation is 2. The van der Waals surface area contributed by atoms with Gasteiger partial charge in [0.25, 0.3) is 0 Å². The monoisotopic (exact) mass is 316 g/mol. The van der Waals surface area contributed by atoms with Gasteiger partial charge in [-0.15, -0.1) is 0 Å². The molecule has 0 bridgehead atoms. The topological polar surface area (TPSA) is 78.5 Å². The fourth-order valence-electron chi connectivity index (χ4n) is 1.99. The molecule has 1 heterocycles. The summed E-state index contributed by atoms with van der Waals surface area (Å²) in [4.78, 5) is 23.8. The van der Waals surface area contributed by atoms with Crippen molar-refractivity contribution in [3.05, 3.63) is 51.7 Å². The van der Waals surface area contributed by atoms with Gasteiger partial charge in [-0.3, -0.25) is 4.79 Å². The van der Waals surface area contributed by atoms with Crippen molar-refractivity contribution in [3.8, 4) is 0 Å². The van der Waals surface area contributed by atoms with Gasteiger partial charge in [0.05, 0.1) is 12.8 Å². The van der Waals surface area contributed by atoms with Gasteiger partial charge in [0.1, 0.15) is 6.54 Å². The first-order chi connectivity index (χ1) is 11.0. The van der Waals surface area contributed by atoms with Crippen LogP contribution in [0.4, 0.5) is 0 Å². The van der Waals surface area contributed by atoms with Crippen molar-refractivity contribution in [2.75, 3.05) is 6.61 Å². The van der Waals surface area contributed by atoms with E-state index in [4.69, 9.17) is 4.74 Å². The highest BCUT2D eigenvalue weighted by atomic mass is 16.5. The molecule has 7 nitrogen and oxygen atoms in total. The lowest BCUT2D eigenvalue weighted by molar-refractivity contribution is -0.144. The smallest absolute Gasteiger partial charge is 0.367 e. The number of rotatable bonds is 6. The maximum Gasteiger partial charge on any atom is 0.367 e. The van der Waals surface area contributed by atoms with Gasteiger partial charge >= 0.3 is 11.7 Å². The van der Waals surface area contributed by atoms with Crippen LogP contribution in [0, 0.1) is 6.92 Å². The first kappa shape index (κ1) is 16.7. The summed E-state index contributed by atoms with van der Waals surface area (Å²) in [7, 11) is 0. The summed E-state index contributed by atoms with van der Waals surface area (Å²) in [5, 5.41) is 8.32. The zero-order valence-electron chi connectivity index (χ0n) is 13.5. The number of aromatic nitrogens is 3. The quantitative estimate of drug-likeness (QED) is 0.595. The van der Waals surface area contributed by atoms with Crippen LogP contribution in [-0.2, 0) is 22.5 Å². The number of esters is 1. The third-order valence-electron chi connectivity index (χ3n) is 3.18. The van der Waals surface area contributed by atoms with Crippen LogP contribution < -0.4 is 5.69 Å². The van der Waals surface area contributed by atoms with Gasteiger partial charge in [-0.05, 0) is 19.4 Å². The predicted molar refractivity (Wildman–Crippen MR) is 86.7 cm³/mol. The van der Waals surface area contributed by atoms with E-state index in [1.165, 1.54) is 4.68 Å². The third-order valence-corrected chi connectivity index (χ3v) is 3.18. The Morgan fingerprint density at radius 1 is 1.30 bits per heavy atom. The maximum absolute atomic E-state index is 12.3. The highest BCUT2D eigenvalue weighted by molar-refractivity contribution is 5.79. The Morgan fingerprint density at radius 3 is 2.61 bits per heavy atom. The third kappa shape index (κ3) is 4.15. The van der Waals surface area contributed by atoms with Crippen LogP contribution in [0.3, 0.4) is 0 Å². The fraction of sp³-hybridized carbons (Fsp3) is 0.375. The largest absolute Gasteiger partial charge is 0.465 e. The maximum atomic E-state index is 12.3. The van der Waals surface area contributed by atoms with E-state index in [2.05, 4.69) is 10.2 Å². The minimum atomic E-state index is -0.496. The van der Waals surface area contributed by atoms with Crippen LogP contribution in [-0.4, -0.2) is 33.2 Å². The van der Waals surface area contributed by atoms with Crippen LogP contribution in [0.25, 0.3) is 0 Å². The number of carbonyl (C=O) groups is 1. The van der Waals surface area contributed by atoms with E-state index in [1.54, 1.807) is 13.1 Å². The van der Waals surface area contributed by atoms with E-state index in [9.17, 15) is 9.59 Å². The van der Waals surface area contributed by atoms with Crippen molar-refractivity contribution in [2.24, 2.45) is 5.10 Å². The Labute approximate surface area is 134 Å². The fourth-order valence-corrected chi connectivity index (χ4v) is 1.99. The lowest BCUT2D eigenvalue weighted by Gasteiger charge is -1.99. The number of hydrogen-bond acceptors (Lipinski definition) is 5. The standard InChI is InChI=1S/C16H20N4O3/c1-4-14-18-19(11-15(21)23-5-2)16(22)20(14)17-10-13-8-6-12(3)7-9-13/h6-10H,4-5,11H2,1-3H3/b17-10-. The van der Waals surface area contributed by atoms with Gasteiger partial charge in [-0.2, -0.15) is 14.9 Å². The summed E-state index contributed by atoms with van der Waals surface area (Å²) < 4.78 is 7.12. The highest BCUT2D eigenvalue weighted by Crippen LogP contribution is 2.01. The van der Waals surface area contributed by atoms with E-state index >= 15 is 0 Å². The molecule has 1 aromatic carbocycles. The van der Waals surface area contributed by atoms with Crippen molar-refractivity contribution in [2.45, 2.75) is 33.7 Å². The summed E-state index contributed by atoms with van der Waals surface area (Å²) >= 11 is 0. The van der Waals surface area contributed by atoms with E-state index < -0.39 is 11.7 Å². The van der Waals surface area contributed by atoms with Gasteiger partial charge in [-0.25, -0.2) is 9.48 Å². The van der Waals surface area contributed by atoms with Crippen molar-refractivity contribution < 1.29 is 9.53 Å². The number of hydrogen-bond donors (Lipinski definition) is 0. The van der Waals surface area contributed by atoms with Gasteiger partial charge in [0.2, 0.25) is 0 Å². The molecule has 0 radical (unpaired) electrons. The van der Waals surface area contributed by atoms with E-state index in [-0.39, 0.29) is 13.2 Å². The Balaban J connectivity index is 2.27. The average Bonchev–Trinajstić information content (AvgIpc) is 2.83. The summed E-state index contributed by atoms with van der Waals surface area (Å²) in [6, 6.07) is 7.77. The molecule has 0 fully saturated rings. The van der Waals surface area contributed by atoms with Crippen molar-refractivity contribution in [1.29, 1.82) is 0 Å². The van der Waals surface area contributed by atoms with Gasteiger partial charge in [0.15, 0.2) is 5.82 Å². The van der Waals surface area contributed by atoms with Gasteiger partial charge < -0.3 is 4.74 Å². The molecular weight excluding hydrogens is 296 g/mol. The van der Waals surface area contributed by atoms with Crippen LogP contribution in [0.15, 0.2) is 34.2 Å². The molecule has 122 valence electrons. The van der Waals surface area contributed by atoms with E-state index in [0.717, 1.165) is 15.8 Å². The Morgan fingerprint density at radius 2 is 2.00 bits per heavy atom. The molecule has 0 atom stereocenters. The lowest BCUT2D eigenvalue weighted by atomic mass is 10.2. The summed E-state index contributed by atoms with van der Waals surface area (Å²) in [6.45, 7) is 5.63. The minimum absolute atomic E-state index is 0.216. The number of ether oxygens (including phenoxy) is 1. The van der Waals surface area contributed by atoms with Crippen LogP contribution >= 0.6 is 0 Å². The molecule has 2 aromatic rings. The number of carbonyl (C=O) groups excluding carboxylic acids is 1. The zero-order chi connectivity index (χ0) is 16.8. The molecule has 23 heavy (non-hydrogen) atoms. The van der Waals surface area contributed by atoms with Crippen molar-refractivity contribution >= 4 is 12.2 Å². The van der Waals surface area contributed by atoms with E-state index in [1.807, 2.05) is 38.1 Å². The zero-order valence-corrected chi connectivity index (χ0v) is 13.5. The Bertz CT molecular complexity index is 757. The number of nitrogens with zero attached hydrogens (tertiary/aromatic N) is 4. The molecule has 0 aliphatic heterocycles. The second-order valence-electron chi connectivity index (χ2n) is 4.98. The van der Waals surface area contributed by atoms with Gasteiger partial charge in [0, 0.05) is 6.42 Å². The molecule has 0 aliphatic rings. The summed E-state index contributed by atoms with van der Waals surface area (Å²) in [5.41, 5.74) is 1.57. The van der Waals surface area contributed by atoms with Crippen molar-refractivity contribution in [3.63, 3.8) is 0 Å². The van der Waals surface area contributed by atoms with Crippen LogP contribution in [0.1, 0.15) is 30.8 Å². The average molecular weight is 316 g/mol. The first-order valence-corrected chi connectivity index (χ1v) is 7.50. The molecule has 2 rings (SSSR count). The molecule has 7 heteroatoms. The summed E-state index contributed by atoms with van der Waals surface area (Å²) in [6.07, 6.45) is 2.12. The Hall–Kier alpha value is -2.70. The normalized spacial score (nSPS) is 11.1. The minimum Gasteiger partial charge on any atom is -0.465 e. The molecule has 1 aromatic heterocycles. The lowest BCUT2D eigenvalue weighted by Crippen LogP contribution is -2.27. The second kappa shape index (κ2) is 7.53. The predicted octanol–water partition coefficient (Wildman–Crippen LogP) is 1.36. The molecule has 0 saturated heterocycles. The molecule has 0 amide bonds.